The van der Waals surface area contributed by atoms with Gasteiger partial charge in [0.15, 0.2) is 0 Å². The van der Waals surface area contributed by atoms with Crippen molar-refractivity contribution in [2.24, 2.45) is 0 Å². The number of nitrogens with zero attached hydrogens (tertiary/aromatic N) is 1. The van der Waals surface area contributed by atoms with Crippen molar-refractivity contribution in [3.05, 3.63) is 22.4 Å². The third kappa shape index (κ3) is 6.22. The summed E-state index contributed by atoms with van der Waals surface area (Å²) < 4.78 is 5.67. The van der Waals surface area contributed by atoms with Crippen LogP contribution in [0.25, 0.3) is 0 Å². The van der Waals surface area contributed by atoms with E-state index in [-0.39, 0.29) is 37.1 Å². The SMILES string of the molecule is CN(C)C(CNC(=O)COC1CCNCC1)c1cccs1.Cl. The second-order valence-corrected chi connectivity index (χ2v) is 6.54. The molecule has 1 atom stereocenters. The Morgan fingerprint density at radius 1 is 1.50 bits per heavy atom. The predicted molar refractivity (Wildman–Crippen MR) is 92.8 cm³/mol. The van der Waals surface area contributed by atoms with Gasteiger partial charge in [-0.3, -0.25) is 4.79 Å². The molecule has 22 heavy (non-hydrogen) atoms. The lowest BCUT2D eigenvalue weighted by atomic mass is 10.1. The summed E-state index contributed by atoms with van der Waals surface area (Å²) >= 11 is 1.72. The molecule has 1 aromatic heterocycles. The van der Waals surface area contributed by atoms with Crippen LogP contribution in [0.1, 0.15) is 23.8 Å². The maximum absolute atomic E-state index is 11.9. The summed E-state index contributed by atoms with van der Waals surface area (Å²) in [5.41, 5.74) is 0. The van der Waals surface area contributed by atoms with Crippen molar-refractivity contribution in [2.75, 3.05) is 40.3 Å². The normalized spacial score (nSPS) is 17.0. The summed E-state index contributed by atoms with van der Waals surface area (Å²) in [4.78, 5) is 15.3. The van der Waals surface area contributed by atoms with Crippen molar-refractivity contribution in [3.8, 4) is 0 Å². The first kappa shape index (κ1) is 19.4. The van der Waals surface area contributed by atoms with Crippen molar-refractivity contribution in [1.29, 1.82) is 0 Å². The first-order valence-electron chi connectivity index (χ1n) is 7.45. The van der Waals surface area contributed by atoms with Gasteiger partial charge in [-0.25, -0.2) is 0 Å². The number of carbonyl (C=O) groups is 1. The number of nitrogens with one attached hydrogen (secondary N) is 2. The number of piperidine rings is 1. The zero-order valence-electron chi connectivity index (χ0n) is 13.2. The van der Waals surface area contributed by atoms with Crippen LogP contribution in [-0.4, -0.2) is 57.2 Å². The van der Waals surface area contributed by atoms with Crippen molar-refractivity contribution in [2.45, 2.75) is 25.0 Å². The van der Waals surface area contributed by atoms with E-state index in [9.17, 15) is 4.79 Å². The van der Waals surface area contributed by atoms with Crippen molar-refractivity contribution < 1.29 is 9.53 Å². The Kier molecular flexibility index (Phi) is 8.97. The van der Waals surface area contributed by atoms with Crippen LogP contribution in [0.3, 0.4) is 0 Å². The monoisotopic (exact) mass is 347 g/mol. The minimum atomic E-state index is -0.0306. The minimum Gasteiger partial charge on any atom is -0.368 e. The van der Waals surface area contributed by atoms with Crippen molar-refractivity contribution in [3.63, 3.8) is 0 Å². The molecular formula is C15H26ClN3O2S. The Balaban J connectivity index is 0.00000242. The molecule has 1 saturated heterocycles. The summed E-state index contributed by atoms with van der Waals surface area (Å²) in [7, 11) is 4.06. The topological polar surface area (TPSA) is 53.6 Å². The van der Waals surface area contributed by atoms with E-state index in [2.05, 4.69) is 27.0 Å². The minimum absolute atomic E-state index is 0. The highest BCUT2D eigenvalue weighted by Gasteiger charge is 2.18. The third-order valence-corrected chi connectivity index (χ3v) is 4.70. The van der Waals surface area contributed by atoms with Gasteiger partial charge in [0.25, 0.3) is 0 Å². The van der Waals surface area contributed by atoms with Gasteiger partial charge in [0.1, 0.15) is 6.61 Å². The second kappa shape index (κ2) is 10.2. The number of amides is 1. The molecule has 0 aromatic carbocycles. The largest absolute Gasteiger partial charge is 0.368 e. The fourth-order valence-corrected chi connectivity index (χ4v) is 3.36. The summed E-state index contributed by atoms with van der Waals surface area (Å²) in [6.07, 6.45) is 2.20. The molecule has 7 heteroatoms. The second-order valence-electron chi connectivity index (χ2n) is 5.56. The maximum Gasteiger partial charge on any atom is 0.246 e. The molecule has 1 aromatic rings. The van der Waals surface area contributed by atoms with Gasteiger partial charge in [0.05, 0.1) is 12.1 Å². The molecule has 1 aliphatic rings. The molecule has 5 nitrogen and oxygen atoms in total. The van der Waals surface area contributed by atoms with Crippen LogP contribution in [-0.2, 0) is 9.53 Å². The van der Waals surface area contributed by atoms with E-state index in [1.807, 2.05) is 20.2 Å². The summed E-state index contributed by atoms with van der Waals surface area (Å²) in [5, 5.41) is 8.33. The first-order chi connectivity index (χ1) is 10.2. The molecule has 2 heterocycles. The quantitative estimate of drug-likeness (QED) is 0.787. The molecule has 1 aliphatic heterocycles. The average Bonchev–Trinajstić information content (AvgIpc) is 3.00. The number of hydrogen-bond acceptors (Lipinski definition) is 5. The van der Waals surface area contributed by atoms with Gasteiger partial charge in [-0.1, -0.05) is 6.07 Å². The van der Waals surface area contributed by atoms with Crippen LogP contribution < -0.4 is 10.6 Å². The van der Waals surface area contributed by atoms with Gasteiger partial charge in [0.2, 0.25) is 5.91 Å². The Morgan fingerprint density at radius 2 is 2.23 bits per heavy atom. The Morgan fingerprint density at radius 3 is 2.82 bits per heavy atom. The highest BCUT2D eigenvalue weighted by molar-refractivity contribution is 7.10. The first-order valence-corrected chi connectivity index (χ1v) is 8.33. The molecule has 0 radical (unpaired) electrons. The number of thiophene rings is 1. The van der Waals surface area contributed by atoms with Gasteiger partial charge < -0.3 is 20.3 Å². The standard InChI is InChI=1S/C15H25N3O2S.ClH/c1-18(2)13(14-4-3-9-21-14)10-17-15(19)11-20-12-5-7-16-8-6-12;/h3-4,9,12-13,16H,5-8,10-11H2,1-2H3,(H,17,19);1H. The fourth-order valence-electron chi connectivity index (χ4n) is 2.44. The molecule has 1 fully saturated rings. The van der Waals surface area contributed by atoms with Crippen molar-refractivity contribution in [1.82, 2.24) is 15.5 Å². The van der Waals surface area contributed by atoms with Crippen LogP contribution in [0.4, 0.5) is 0 Å². The maximum atomic E-state index is 11.9. The van der Waals surface area contributed by atoms with Crippen LogP contribution in [0.2, 0.25) is 0 Å². The summed E-state index contributed by atoms with van der Waals surface area (Å²) in [6.45, 7) is 2.73. The molecule has 0 spiro atoms. The van der Waals surface area contributed by atoms with Crippen LogP contribution in [0, 0.1) is 0 Å². The molecule has 2 rings (SSSR count). The van der Waals surface area contributed by atoms with Gasteiger partial charge >= 0.3 is 0 Å². The molecule has 0 aliphatic carbocycles. The van der Waals surface area contributed by atoms with E-state index < -0.39 is 0 Å². The zero-order valence-corrected chi connectivity index (χ0v) is 14.8. The third-order valence-electron chi connectivity index (χ3n) is 3.72. The van der Waals surface area contributed by atoms with E-state index in [1.54, 1.807) is 11.3 Å². The van der Waals surface area contributed by atoms with Gasteiger partial charge in [-0.2, -0.15) is 0 Å². The van der Waals surface area contributed by atoms with Crippen LogP contribution >= 0.6 is 23.7 Å². The average molecular weight is 348 g/mol. The number of carbonyl (C=O) groups excluding carboxylic acids is 1. The lowest BCUT2D eigenvalue weighted by Gasteiger charge is -2.25. The Hall–Kier alpha value is -0.660. The number of likely N-dealkylation sites (N-methyl/N-ethyl adjacent to an activating group) is 1. The molecule has 0 saturated carbocycles. The highest BCUT2D eigenvalue weighted by Crippen LogP contribution is 2.22. The van der Waals surface area contributed by atoms with E-state index in [0.717, 1.165) is 25.9 Å². The lowest BCUT2D eigenvalue weighted by molar-refractivity contribution is -0.128. The van der Waals surface area contributed by atoms with Crippen LogP contribution in [0.5, 0.6) is 0 Å². The zero-order chi connectivity index (χ0) is 15.1. The smallest absolute Gasteiger partial charge is 0.246 e. The molecule has 1 unspecified atom stereocenters. The van der Waals surface area contributed by atoms with E-state index in [1.165, 1.54) is 4.88 Å². The number of halogens is 1. The van der Waals surface area contributed by atoms with E-state index >= 15 is 0 Å². The Labute approximate surface area is 142 Å². The van der Waals surface area contributed by atoms with Gasteiger partial charge in [0, 0.05) is 11.4 Å². The number of hydrogen-bond donors (Lipinski definition) is 2. The van der Waals surface area contributed by atoms with Gasteiger partial charge in [-0.05, 0) is 51.5 Å². The number of rotatable bonds is 7. The molecular weight excluding hydrogens is 322 g/mol. The summed E-state index contributed by atoms with van der Waals surface area (Å²) in [5.74, 6) is -0.0306. The van der Waals surface area contributed by atoms with E-state index in [0.29, 0.717) is 6.54 Å². The highest BCUT2D eigenvalue weighted by atomic mass is 35.5. The molecule has 1 amide bonds. The molecule has 2 N–H and O–H groups in total. The Bertz CT molecular complexity index is 422. The predicted octanol–water partition coefficient (Wildman–Crippen LogP) is 1.66. The van der Waals surface area contributed by atoms with Crippen molar-refractivity contribution >= 4 is 29.7 Å². The summed E-state index contributed by atoms with van der Waals surface area (Å²) in [6, 6.07) is 4.36. The molecule has 0 bridgehead atoms. The lowest BCUT2D eigenvalue weighted by Crippen LogP contribution is -2.38. The number of ether oxygens (including phenoxy) is 1. The van der Waals surface area contributed by atoms with Gasteiger partial charge in [-0.15, -0.1) is 23.7 Å². The van der Waals surface area contributed by atoms with Crippen LogP contribution in [0.15, 0.2) is 17.5 Å². The fraction of sp³-hybridized carbons (Fsp3) is 0.667. The molecule has 126 valence electrons. The van der Waals surface area contributed by atoms with E-state index in [4.69, 9.17) is 4.74 Å².